The van der Waals surface area contributed by atoms with Crippen LogP contribution in [0.5, 0.6) is 0 Å². The number of aryl methyl sites for hydroxylation is 2. The number of carbonyl (C=O) groups is 2. The Morgan fingerprint density at radius 3 is 1.22 bits per heavy atom. The zero-order valence-electron chi connectivity index (χ0n) is 48.6. The van der Waals surface area contributed by atoms with Crippen LogP contribution in [-0.2, 0) is 36.7 Å². The van der Waals surface area contributed by atoms with Gasteiger partial charge < -0.3 is 38.9 Å². The first-order valence-electron chi connectivity index (χ1n) is 28.6. The number of carbonyl (C=O) groups excluding carboxylic acids is 2. The molecule has 0 N–H and O–H groups in total. The van der Waals surface area contributed by atoms with E-state index in [1.54, 1.807) is 43.5 Å². The predicted octanol–water partition coefficient (Wildman–Crippen LogP) is 3.17. The van der Waals surface area contributed by atoms with Crippen molar-refractivity contribution in [2.75, 3.05) is 116 Å². The van der Waals surface area contributed by atoms with Crippen LogP contribution in [0.15, 0.2) is 110 Å². The van der Waals surface area contributed by atoms with Crippen LogP contribution in [0, 0.1) is 0 Å². The third kappa shape index (κ3) is 13.1. The molecule has 2 amide bonds. The minimum atomic E-state index is -0.156. The van der Waals surface area contributed by atoms with Crippen molar-refractivity contribution in [2.45, 2.75) is 25.3 Å². The number of aromatic nitrogens is 18. The number of morpholine rings is 2. The van der Waals surface area contributed by atoms with E-state index >= 15 is 0 Å². The normalized spacial score (nSPS) is 17.7. The number of anilines is 2. The molecule has 4 fully saturated rings. The Balaban J connectivity index is 0.000000168. The summed E-state index contributed by atoms with van der Waals surface area (Å²) < 4.78 is 19.0. The van der Waals surface area contributed by atoms with Crippen LogP contribution in [0.4, 0.5) is 11.9 Å². The summed E-state index contributed by atoms with van der Waals surface area (Å²) in [6.07, 6.45) is 17.6. The number of likely N-dealkylation sites (N-methyl/N-ethyl adjacent to an activating group) is 2. The van der Waals surface area contributed by atoms with Crippen molar-refractivity contribution in [3.05, 3.63) is 122 Å². The van der Waals surface area contributed by atoms with Crippen molar-refractivity contribution in [3.8, 4) is 44.8 Å². The second-order valence-corrected chi connectivity index (χ2v) is 21.9. The molecule has 29 heteroatoms. The summed E-state index contributed by atoms with van der Waals surface area (Å²) in [4.78, 5) is 75.3. The van der Waals surface area contributed by atoms with Gasteiger partial charge in [0.15, 0.2) is 11.3 Å². The number of fused-ring (bicyclic) bond motifs is 2. The largest absolute Gasteiger partial charge is 0.373 e. The molecule has 0 bridgehead atoms. The molecule has 10 aromatic rings. The van der Waals surface area contributed by atoms with Gasteiger partial charge in [-0.15, -0.1) is 22.6 Å². The van der Waals surface area contributed by atoms with Crippen molar-refractivity contribution >= 4 is 58.7 Å². The molecule has 4 aliphatic heterocycles. The highest BCUT2D eigenvalue weighted by atomic mass is 35.5. The molecule has 87 heavy (non-hydrogen) atoms. The van der Waals surface area contributed by atoms with Gasteiger partial charge in [0, 0.05) is 163 Å². The molecule has 0 spiro atoms. The fraction of sp³-hybridized carbons (Fsp3) is 0.379. The van der Waals surface area contributed by atoms with Gasteiger partial charge in [0.25, 0.3) is 11.8 Å². The van der Waals surface area contributed by atoms with Crippen LogP contribution in [0.25, 0.3) is 67.4 Å². The van der Waals surface area contributed by atoms with Gasteiger partial charge >= 0.3 is 0 Å². The average molecular weight is 1200 g/mol. The second-order valence-electron chi connectivity index (χ2n) is 21.9. The Kier molecular flexibility index (Phi) is 17.1. The van der Waals surface area contributed by atoms with Gasteiger partial charge in [-0.1, -0.05) is 34.7 Å². The highest BCUT2D eigenvalue weighted by molar-refractivity contribution is 5.95. The predicted molar refractivity (Wildman–Crippen MR) is 324 cm³/mol. The molecule has 448 valence electrons. The van der Waals surface area contributed by atoms with Crippen LogP contribution in [0.1, 0.15) is 20.7 Å². The molecule has 12 heterocycles. The van der Waals surface area contributed by atoms with E-state index in [-0.39, 0.29) is 36.4 Å². The molecule has 14 rings (SSSR count). The van der Waals surface area contributed by atoms with Gasteiger partial charge in [0.1, 0.15) is 0 Å². The lowest BCUT2D eigenvalue weighted by Gasteiger charge is -2.32. The average Bonchev–Trinajstić information content (AvgIpc) is 3.59. The lowest BCUT2D eigenvalue weighted by atomic mass is 10.1. The van der Waals surface area contributed by atoms with Gasteiger partial charge in [-0.2, -0.15) is 10.2 Å². The van der Waals surface area contributed by atoms with E-state index in [2.05, 4.69) is 94.4 Å². The molecule has 0 unspecified atom stereocenters. The third-order valence-corrected chi connectivity index (χ3v) is 15.8. The molecule has 2 aromatic carbocycles. The van der Waals surface area contributed by atoms with E-state index < -0.39 is 0 Å². The van der Waals surface area contributed by atoms with Crippen LogP contribution < -0.4 is 9.80 Å². The van der Waals surface area contributed by atoms with Crippen molar-refractivity contribution in [2.24, 2.45) is 14.1 Å². The van der Waals surface area contributed by atoms with E-state index in [0.29, 0.717) is 109 Å². The molecule has 2 atom stereocenters. The SMILES string of the molecule is CN1CCN(C(=O)c2ccc(-c3cnc(N4CCO[C@H](Cn5nnc6ncc(-c7cnn(C)c7)nc65)C4)nc3)cc2)CC1.CN1CCN(C(=O)c2ccc(-c3cnc(N4CCO[C@H](Cn5nnc6ncc(-c7cnn(C)c7)nc65)C4)nc3)cc2)CC1.Cl. The van der Waals surface area contributed by atoms with Gasteiger partial charge in [-0.25, -0.2) is 49.2 Å². The quantitative estimate of drug-likeness (QED) is 0.170. The second kappa shape index (κ2) is 25.7. The third-order valence-electron chi connectivity index (χ3n) is 15.8. The summed E-state index contributed by atoms with van der Waals surface area (Å²) in [5.74, 6) is 1.43. The molecular formula is C58H65ClN24O4. The number of nitrogens with zero attached hydrogens (tertiary/aromatic N) is 24. The Bertz CT molecular complexity index is 3710. The Morgan fingerprint density at radius 1 is 0.460 bits per heavy atom. The van der Waals surface area contributed by atoms with E-state index in [0.717, 1.165) is 85.7 Å². The number of hydrogen-bond donors (Lipinski definition) is 0. The van der Waals surface area contributed by atoms with Gasteiger partial charge in [0.2, 0.25) is 23.2 Å². The first kappa shape index (κ1) is 58.1. The maximum Gasteiger partial charge on any atom is 0.253 e. The Labute approximate surface area is 506 Å². The first-order chi connectivity index (χ1) is 42.0. The topological polar surface area (TPSA) is 272 Å². The number of amides is 2. The van der Waals surface area contributed by atoms with Crippen LogP contribution in [0.2, 0.25) is 0 Å². The van der Waals surface area contributed by atoms with E-state index in [4.69, 9.17) is 19.4 Å². The lowest BCUT2D eigenvalue weighted by Crippen LogP contribution is -2.47. The van der Waals surface area contributed by atoms with Crippen molar-refractivity contribution in [3.63, 3.8) is 0 Å². The number of hydrogen-bond acceptors (Lipinski definition) is 22. The van der Waals surface area contributed by atoms with Crippen molar-refractivity contribution in [1.82, 2.24) is 109 Å². The minimum Gasteiger partial charge on any atom is -0.373 e. The number of halogens is 1. The van der Waals surface area contributed by atoms with E-state index in [9.17, 15) is 9.59 Å². The molecule has 4 aliphatic rings. The maximum atomic E-state index is 12.9. The summed E-state index contributed by atoms with van der Waals surface area (Å²) in [6.45, 7) is 11.2. The molecule has 28 nitrogen and oxygen atoms in total. The van der Waals surface area contributed by atoms with Gasteiger partial charge in [0.05, 0.1) is 74.7 Å². The monoisotopic (exact) mass is 1200 g/mol. The molecule has 0 saturated carbocycles. The summed E-state index contributed by atoms with van der Waals surface area (Å²) >= 11 is 0. The van der Waals surface area contributed by atoms with Crippen molar-refractivity contribution < 1.29 is 19.1 Å². The van der Waals surface area contributed by atoms with Crippen LogP contribution in [0.3, 0.4) is 0 Å². The molecule has 8 aromatic heterocycles. The minimum absolute atomic E-state index is 0. The lowest BCUT2D eigenvalue weighted by molar-refractivity contribution is 0.0271. The smallest absolute Gasteiger partial charge is 0.253 e. The summed E-state index contributed by atoms with van der Waals surface area (Å²) in [7, 11) is 7.89. The van der Waals surface area contributed by atoms with Gasteiger partial charge in [-0.3, -0.25) is 19.0 Å². The van der Waals surface area contributed by atoms with Gasteiger partial charge in [-0.05, 0) is 49.5 Å². The van der Waals surface area contributed by atoms with Crippen molar-refractivity contribution in [1.29, 1.82) is 0 Å². The Morgan fingerprint density at radius 2 is 0.851 bits per heavy atom. The zero-order chi connectivity index (χ0) is 58.7. The molecule has 0 aliphatic carbocycles. The van der Waals surface area contributed by atoms with E-state index in [1.165, 1.54) is 0 Å². The molecule has 4 saturated heterocycles. The summed E-state index contributed by atoms with van der Waals surface area (Å²) in [5.41, 5.74) is 10.4. The van der Waals surface area contributed by atoms with Crippen LogP contribution in [-0.4, -0.2) is 239 Å². The fourth-order valence-electron chi connectivity index (χ4n) is 10.8. The maximum absolute atomic E-state index is 12.9. The van der Waals surface area contributed by atoms with E-state index in [1.807, 2.05) is 110 Å². The zero-order valence-corrected chi connectivity index (χ0v) is 49.5. The fourth-order valence-corrected chi connectivity index (χ4v) is 10.8. The molecular weight excluding hydrogens is 1130 g/mol. The molecule has 0 radical (unpaired) electrons. The standard InChI is InChI=1S/2C29H32N12O2.ClH/c2*1-37-7-9-39(10-8-37)28(42)21-5-3-20(4-6-21)22-13-31-29(32-14-22)40-11-12-43-24(18-40)19-41-27-26(35-36-41)30-16-25(34-27)23-15-33-38(2)17-23;/h2*3-6,13-17,24H,7-12,18-19H2,1-2H3;1H/t2*24-;/m00./s1. The Hall–Kier alpha value is -9.35. The number of benzene rings is 2. The first-order valence-corrected chi connectivity index (χ1v) is 28.6. The number of ether oxygens (including phenoxy) is 2. The highest BCUT2D eigenvalue weighted by Crippen LogP contribution is 2.26. The summed E-state index contributed by atoms with van der Waals surface area (Å²) in [6, 6.07) is 15.4. The van der Waals surface area contributed by atoms with Crippen LogP contribution >= 0.6 is 12.4 Å². The number of piperazine rings is 2. The highest BCUT2D eigenvalue weighted by Gasteiger charge is 2.28. The summed E-state index contributed by atoms with van der Waals surface area (Å²) in [5, 5.41) is 25.4. The number of rotatable bonds is 12.